The molecule has 1 fully saturated rings. The zero-order chi connectivity index (χ0) is 17.5. The van der Waals surface area contributed by atoms with Crippen LogP contribution in [0.2, 0.25) is 0 Å². The molecule has 1 unspecified atom stereocenters. The van der Waals surface area contributed by atoms with Crippen molar-refractivity contribution >= 4 is 17.7 Å². The van der Waals surface area contributed by atoms with Crippen LogP contribution in [0.25, 0.3) is 6.08 Å². The molecule has 3 rings (SSSR count). The van der Waals surface area contributed by atoms with Crippen LogP contribution in [0, 0.1) is 0 Å². The summed E-state index contributed by atoms with van der Waals surface area (Å²) >= 11 is 0. The first kappa shape index (κ1) is 17.1. The van der Waals surface area contributed by atoms with E-state index in [1.807, 2.05) is 54.6 Å². The number of hydrogen-bond donors (Lipinski definition) is 1. The first-order chi connectivity index (χ1) is 12.3. The monoisotopic (exact) mass is 336 g/mol. The van der Waals surface area contributed by atoms with Gasteiger partial charge < -0.3 is 15.0 Å². The lowest BCUT2D eigenvalue weighted by Crippen LogP contribution is -2.47. The summed E-state index contributed by atoms with van der Waals surface area (Å²) in [6.07, 6.45) is 5.50. The van der Waals surface area contributed by atoms with Crippen molar-refractivity contribution < 1.29 is 9.53 Å². The molecule has 1 aliphatic heterocycles. The third kappa shape index (κ3) is 4.63. The fraction of sp³-hybridized carbons (Fsp3) is 0.286. The molecule has 1 saturated heterocycles. The van der Waals surface area contributed by atoms with Crippen molar-refractivity contribution in [3.05, 3.63) is 66.2 Å². The zero-order valence-corrected chi connectivity index (χ0v) is 14.5. The lowest BCUT2D eigenvalue weighted by molar-refractivity contribution is -0.117. The molecule has 130 valence electrons. The summed E-state index contributed by atoms with van der Waals surface area (Å²) in [4.78, 5) is 14.5. The zero-order valence-electron chi connectivity index (χ0n) is 14.5. The van der Waals surface area contributed by atoms with Gasteiger partial charge in [-0.2, -0.15) is 0 Å². The van der Waals surface area contributed by atoms with Crippen LogP contribution in [0.15, 0.2) is 60.7 Å². The van der Waals surface area contributed by atoms with Gasteiger partial charge in [-0.3, -0.25) is 4.79 Å². The Morgan fingerprint density at radius 3 is 2.72 bits per heavy atom. The lowest BCUT2D eigenvalue weighted by atomic mass is 10.0. The van der Waals surface area contributed by atoms with Crippen LogP contribution in [0.3, 0.4) is 0 Å². The molecule has 0 radical (unpaired) electrons. The van der Waals surface area contributed by atoms with E-state index in [9.17, 15) is 4.79 Å². The molecular weight excluding hydrogens is 312 g/mol. The van der Waals surface area contributed by atoms with Crippen LogP contribution in [-0.4, -0.2) is 32.1 Å². The van der Waals surface area contributed by atoms with E-state index in [2.05, 4.69) is 16.3 Å². The van der Waals surface area contributed by atoms with Gasteiger partial charge in [-0.05, 0) is 36.6 Å². The van der Waals surface area contributed by atoms with Crippen LogP contribution < -0.4 is 15.0 Å². The Morgan fingerprint density at radius 1 is 1.16 bits per heavy atom. The smallest absolute Gasteiger partial charge is 0.244 e. The Labute approximate surface area is 149 Å². The summed E-state index contributed by atoms with van der Waals surface area (Å²) in [6, 6.07) is 18.0. The maximum Gasteiger partial charge on any atom is 0.244 e. The van der Waals surface area contributed by atoms with Crippen LogP contribution >= 0.6 is 0 Å². The van der Waals surface area contributed by atoms with Gasteiger partial charge in [-0.15, -0.1) is 0 Å². The third-order valence-electron chi connectivity index (χ3n) is 4.42. The number of para-hydroxylation sites is 2. The van der Waals surface area contributed by atoms with E-state index >= 15 is 0 Å². The van der Waals surface area contributed by atoms with Crippen LogP contribution in [0.4, 0.5) is 5.69 Å². The van der Waals surface area contributed by atoms with Crippen molar-refractivity contribution in [2.75, 3.05) is 25.1 Å². The molecule has 2 aromatic rings. The van der Waals surface area contributed by atoms with Crippen molar-refractivity contribution in [3.63, 3.8) is 0 Å². The first-order valence-electron chi connectivity index (χ1n) is 8.68. The quantitative estimate of drug-likeness (QED) is 0.850. The fourth-order valence-electron chi connectivity index (χ4n) is 3.19. The van der Waals surface area contributed by atoms with Crippen LogP contribution in [-0.2, 0) is 4.79 Å². The number of nitrogens with one attached hydrogen (secondary N) is 1. The molecule has 1 heterocycles. The number of ether oxygens (including phenoxy) is 1. The number of rotatable bonds is 5. The minimum Gasteiger partial charge on any atom is -0.495 e. The number of nitrogens with zero attached hydrogens (tertiary/aromatic N) is 1. The highest BCUT2D eigenvalue weighted by Gasteiger charge is 2.22. The maximum atomic E-state index is 12.2. The second-order valence-corrected chi connectivity index (χ2v) is 6.21. The van der Waals surface area contributed by atoms with E-state index in [0.29, 0.717) is 0 Å². The van der Waals surface area contributed by atoms with Gasteiger partial charge in [-0.1, -0.05) is 42.5 Å². The number of piperidine rings is 1. The maximum absolute atomic E-state index is 12.2. The normalized spacial score (nSPS) is 17.5. The molecule has 0 spiro atoms. The molecule has 4 heteroatoms. The predicted octanol–water partition coefficient (Wildman–Crippen LogP) is 3.49. The van der Waals surface area contributed by atoms with Crippen molar-refractivity contribution in [1.29, 1.82) is 0 Å². The summed E-state index contributed by atoms with van der Waals surface area (Å²) < 4.78 is 5.46. The Kier molecular flexibility index (Phi) is 5.73. The van der Waals surface area contributed by atoms with E-state index in [1.54, 1.807) is 13.2 Å². The lowest BCUT2D eigenvalue weighted by Gasteiger charge is -2.35. The largest absolute Gasteiger partial charge is 0.495 e. The average molecular weight is 336 g/mol. The third-order valence-corrected chi connectivity index (χ3v) is 4.42. The highest BCUT2D eigenvalue weighted by molar-refractivity contribution is 5.91. The van der Waals surface area contributed by atoms with E-state index in [-0.39, 0.29) is 11.9 Å². The van der Waals surface area contributed by atoms with Gasteiger partial charge in [0, 0.05) is 25.2 Å². The number of amides is 1. The number of anilines is 1. The number of methoxy groups -OCH3 is 1. The minimum atomic E-state index is -0.0456. The second-order valence-electron chi connectivity index (χ2n) is 6.21. The van der Waals surface area contributed by atoms with Gasteiger partial charge >= 0.3 is 0 Å². The highest BCUT2D eigenvalue weighted by Crippen LogP contribution is 2.29. The van der Waals surface area contributed by atoms with Gasteiger partial charge in [0.05, 0.1) is 12.8 Å². The Bertz CT molecular complexity index is 728. The molecular formula is C21H24N2O2. The molecule has 4 nitrogen and oxygen atoms in total. The van der Waals surface area contributed by atoms with Gasteiger partial charge in [0.25, 0.3) is 0 Å². The van der Waals surface area contributed by atoms with Gasteiger partial charge in [0.1, 0.15) is 5.75 Å². The minimum absolute atomic E-state index is 0.0456. The SMILES string of the molecule is COc1ccccc1N1CCCC(NC(=O)/C=C/c2ccccc2)C1. The van der Waals surface area contributed by atoms with Gasteiger partial charge in [0.2, 0.25) is 5.91 Å². The predicted molar refractivity (Wildman–Crippen MR) is 102 cm³/mol. The van der Waals surface area contributed by atoms with Crippen molar-refractivity contribution in [1.82, 2.24) is 5.32 Å². The van der Waals surface area contributed by atoms with E-state index < -0.39 is 0 Å². The van der Waals surface area contributed by atoms with Crippen LogP contribution in [0.5, 0.6) is 5.75 Å². The number of hydrogen-bond acceptors (Lipinski definition) is 3. The fourth-order valence-corrected chi connectivity index (χ4v) is 3.19. The molecule has 1 amide bonds. The van der Waals surface area contributed by atoms with Crippen molar-refractivity contribution in [2.45, 2.75) is 18.9 Å². The highest BCUT2D eigenvalue weighted by atomic mass is 16.5. The van der Waals surface area contributed by atoms with Crippen molar-refractivity contribution in [2.24, 2.45) is 0 Å². The van der Waals surface area contributed by atoms with E-state index in [4.69, 9.17) is 4.74 Å². The van der Waals surface area contributed by atoms with Gasteiger partial charge in [-0.25, -0.2) is 0 Å². The molecule has 1 N–H and O–H groups in total. The summed E-state index contributed by atoms with van der Waals surface area (Å²) in [5, 5.41) is 3.12. The Morgan fingerprint density at radius 2 is 1.92 bits per heavy atom. The Balaban J connectivity index is 1.60. The summed E-state index contributed by atoms with van der Waals surface area (Å²) in [7, 11) is 1.69. The summed E-state index contributed by atoms with van der Waals surface area (Å²) in [5.74, 6) is 0.828. The van der Waals surface area contributed by atoms with Crippen LogP contribution in [0.1, 0.15) is 18.4 Å². The molecule has 1 atom stereocenters. The average Bonchev–Trinajstić information content (AvgIpc) is 2.67. The summed E-state index contributed by atoms with van der Waals surface area (Å²) in [5.41, 5.74) is 2.11. The van der Waals surface area contributed by atoms with Crippen molar-refractivity contribution in [3.8, 4) is 5.75 Å². The molecule has 0 aliphatic carbocycles. The first-order valence-corrected chi connectivity index (χ1v) is 8.68. The molecule has 0 bridgehead atoms. The molecule has 0 saturated carbocycles. The Hall–Kier alpha value is -2.75. The van der Waals surface area contributed by atoms with E-state index in [1.165, 1.54) is 0 Å². The summed E-state index contributed by atoms with van der Waals surface area (Å²) in [6.45, 7) is 1.78. The molecule has 1 aliphatic rings. The molecule has 25 heavy (non-hydrogen) atoms. The topological polar surface area (TPSA) is 41.6 Å². The number of carbonyl (C=O) groups is 1. The standard InChI is InChI=1S/C21H24N2O2/c1-25-20-12-6-5-11-19(20)23-15-7-10-18(16-23)22-21(24)14-13-17-8-3-2-4-9-17/h2-6,8-9,11-14,18H,7,10,15-16H2,1H3,(H,22,24)/b14-13+. The van der Waals surface area contributed by atoms with Gasteiger partial charge in [0.15, 0.2) is 0 Å². The van der Waals surface area contributed by atoms with E-state index in [0.717, 1.165) is 42.9 Å². The number of benzene rings is 2. The molecule has 2 aromatic carbocycles. The number of carbonyl (C=O) groups excluding carboxylic acids is 1. The second kappa shape index (κ2) is 8.38. The molecule has 0 aromatic heterocycles.